The molecule has 0 bridgehead atoms. The van der Waals surface area contributed by atoms with Crippen molar-refractivity contribution in [1.29, 1.82) is 0 Å². The van der Waals surface area contributed by atoms with Crippen molar-refractivity contribution >= 4 is 12.2 Å². The molecule has 0 heterocycles. The van der Waals surface area contributed by atoms with Gasteiger partial charge in [-0.15, -0.1) is 0 Å². The van der Waals surface area contributed by atoms with E-state index in [0.717, 1.165) is 0 Å². The molecule has 0 saturated carbocycles. The van der Waals surface area contributed by atoms with Crippen LogP contribution < -0.4 is 5.32 Å². The molecular weight excluding hydrogens is 122 g/mol. The maximum atomic E-state index is 10.5. The van der Waals surface area contributed by atoms with E-state index in [4.69, 9.17) is 0 Å². The topological polar surface area (TPSA) is 55.4 Å². The maximum absolute atomic E-state index is 10.5. The van der Waals surface area contributed by atoms with Gasteiger partial charge < -0.3 is 10.1 Å². The zero-order valence-corrected chi connectivity index (χ0v) is 5.22. The first-order valence-electron chi connectivity index (χ1n) is 2.49. The van der Waals surface area contributed by atoms with Crippen LogP contribution in [0.1, 0.15) is 0 Å². The van der Waals surface area contributed by atoms with E-state index >= 15 is 0 Å². The SMILES string of the molecule is COCC(=O)CNC=O. The number of amides is 1. The van der Waals surface area contributed by atoms with E-state index < -0.39 is 0 Å². The molecule has 0 radical (unpaired) electrons. The van der Waals surface area contributed by atoms with Crippen molar-refractivity contribution in [3.8, 4) is 0 Å². The lowest BCUT2D eigenvalue weighted by Gasteiger charge is -1.95. The number of methoxy groups -OCH3 is 1. The van der Waals surface area contributed by atoms with Crippen LogP contribution in [0.4, 0.5) is 0 Å². The van der Waals surface area contributed by atoms with Crippen LogP contribution in [-0.2, 0) is 14.3 Å². The predicted octanol–water partition coefficient (Wildman–Crippen LogP) is -1.05. The molecule has 0 atom stereocenters. The molecule has 1 N–H and O–H groups in total. The molecule has 4 nitrogen and oxygen atoms in total. The quantitative estimate of drug-likeness (QED) is 0.484. The molecule has 0 aliphatic heterocycles. The van der Waals surface area contributed by atoms with Gasteiger partial charge in [0.15, 0.2) is 5.78 Å². The van der Waals surface area contributed by atoms with Crippen LogP contribution in [0.2, 0.25) is 0 Å². The second kappa shape index (κ2) is 5.24. The minimum absolute atomic E-state index is 0.0529. The van der Waals surface area contributed by atoms with E-state index in [-0.39, 0.29) is 18.9 Å². The zero-order valence-electron chi connectivity index (χ0n) is 5.22. The smallest absolute Gasteiger partial charge is 0.207 e. The Kier molecular flexibility index (Phi) is 4.72. The Labute approximate surface area is 53.2 Å². The van der Waals surface area contributed by atoms with Crippen molar-refractivity contribution in [2.45, 2.75) is 0 Å². The summed E-state index contributed by atoms with van der Waals surface area (Å²) in [7, 11) is 1.43. The molecule has 0 aliphatic carbocycles. The fourth-order valence-corrected chi connectivity index (χ4v) is 0.368. The van der Waals surface area contributed by atoms with Gasteiger partial charge in [0.05, 0.1) is 6.54 Å². The van der Waals surface area contributed by atoms with Crippen molar-refractivity contribution in [2.24, 2.45) is 0 Å². The number of carbonyl (C=O) groups excluding carboxylic acids is 2. The van der Waals surface area contributed by atoms with Gasteiger partial charge in [-0.05, 0) is 0 Å². The summed E-state index contributed by atoms with van der Waals surface area (Å²) < 4.78 is 4.50. The molecule has 4 heteroatoms. The highest BCUT2D eigenvalue weighted by Gasteiger charge is 1.96. The largest absolute Gasteiger partial charge is 0.377 e. The summed E-state index contributed by atoms with van der Waals surface area (Å²) in [5.41, 5.74) is 0. The summed E-state index contributed by atoms with van der Waals surface area (Å²) in [5.74, 6) is -0.135. The van der Waals surface area contributed by atoms with Crippen molar-refractivity contribution in [3.05, 3.63) is 0 Å². The Morgan fingerprint density at radius 1 is 1.78 bits per heavy atom. The molecular formula is C5H9NO3. The molecule has 0 spiro atoms. The summed E-state index contributed by atoms with van der Waals surface area (Å²) in [6, 6.07) is 0. The van der Waals surface area contributed by atoms with Gasteiger partial charge in [0, 0.05) is 7.11 Å². The van der Waals surface area contributed by atoms with Crippen LogP contribution in [0.3, 0.4) is 0 Å². The highest BCUT2D eigenvalue weighted by Crippen LogP contribution is 1.69. The first kappa shape index (κ1) is 8.10. The van der Waals surface area contributed by atoms with Crippen LogP contribution in [0.5, 0.6) is 0 Å². The Morgan fingerprint density at radius 3 is 2.89 bits per heavy atom. The standard InChI is InChI=1S/C5H9NO3/c1-9-3-5(8)2-6-4-7/h4H,2-3H2,1H3,(H,6,7). The van der Waals surface area contributed by atoms with Crippen LogP contribution in [0.25, 0.3) is 0 Å². The lowest BCUT2D eigenvalue weighted by Crippen LogP contribution is -2.24. The lowest BCUT2D eigenvalue weighted by molar-refractivity contribution is -0.123. The van der Waals surface area contributed by atoms with Gasteiger partial charge >= 0.3 is 0 Å². The van der Waals surface area contributed by atoms with Crippen molar-refractivity contribution < 1.29 is 14.3 Å². The second-order valence-corrected chi connectivity index (χ2v) is 1.47. The molecule has 9 heavy (non-hydrogen) atoms. The predicted molar refractivity (Wildman–Crippen MR) is 30.9 cm³/mol. The number of ketones is 1. The minimum atomic E-state index is -0.135. The number of hydrogen-bond donors (Lipinski definition) is 1. The molecule has 0 aromatic rings. The van der Waals surface area contributed by atoms with Gasteiger partial charge in [0.1, 0.15) is 6.61 Å². The Bertz CT molecular complexity index is 102. The first-order chi connectivity index (χ1) is 4.31. The van der Waals surface area contributed by atoms with E-state index in [1.165, 1.54) is 7.11 Å². The van der Waals surface area contributed by atoms with Gasteiger partial charge in [0.2, 0.25) is 6.41 Å². The van der Waals surface area contributed by atoms with Crippen molar-refractivity contribution in [3.63, 3.8) is 0 Å². The number of hydrogen-bond acceptors (Lipinski definition) is 3. The summed E-state index contributed by atoms with van der Waals surface area (Å²) >= 11 is 0. The molecule has 0 aromatic carbocycles. The second-order valence-electron chi connectivity index (χ2n) is 1.47. The van der Waals surface area contributed by atoms with Gasteiger partial charge in [-0.25, -0.2) is 0 Å². The van der Waals surface area contributed by atoms with Crippen LogP contribution in [0.15, 0.2) is 0 Å². The van der Waals surface area contributed by atoms with Crippen LogP contribution >= 0.6 is 0 Å². The fourth-order valence-electron chi connectivity index (χ4n) is 0.368. The van der Waals surface area contributed by atoms with E-state index in [1.54, 1.807) is 0 Å². The Hall–Kier alpha value is -0.900. The van der Waals surface area contributed by atoms with Crippen LogP contribution in [-0.4, -0.2) is 32.5 Å². The summed E-state index contributed by atoms with van der Waals surface area (Å²) in [6.07, 6.45) is 0.480. The van der Waals surface area contributed by atoms with Gasteiger partial charge in [-0.3, -0.25) is 9.59 Å². The molecule has 0 rings (SSSR count). The number of rotatable bonds is 5. The third-order valence-corrected chi connectivity index (χ3v) is 0.688. The summed E-state index contributed by atoms with van der Waals surface area (Å²) in [4.78, 5) is 20.1. The number of nitrogens with one attached hydrogen (secondary N) is 1. The lowest BCUT2D eigenvalue weighted by atomic mass is 10.4. The molecule has 0 unspecified atom stereocenters. The Balaban J connectivity index is 3.16. The summed E-state index contributed by atoms with van der Waals surface area (Å²) in [5, 5.41) is 2.22. The van der Waals surface area contributed by atoms with E-state index in [2.05, 4.69) is 10.1 Å². The Morgan fingerprint density at radius 2 is 2.44 bits per heavy atom. The fraction of sp³-hybridized carbons (Fsp3) is 0.600. The average molecular weight is 131 g/mol. The minimum Gasteiger partial charge on any atom is -0.377 e. The molecule has 52 valence electrons. The highest BCUT2D eigenvalue weighted by molar-refractivity contribution is 5.83. The maximum Gasteiger partial charge on any atom is 0.207 e. The molecule has 1 amide bonds. The highest BCUT2D eigenvalue weighted by atomic mass is 16.5. The molecule has 0 fully saturated rings. The van der Waals surface area contributed by atoms with E-state index in [9.17, 15) is 9.59 Å². The summed E-state index contributed by atoms with van der Waals surface area (Å²) in [6.45, 7) is 0.109. The first-order valence-corrected chi connectivity index (χ1v) is 2.49. The third-order valence-electron chi connectivity index (χ3n) is 0.688. The molecule has 0 saturated heterocycles. The number of Topliss-reactive ketones (excluding diaryl/α,β-unsaturated/α-hetero) is 1. The molecule has 0 aliphatic rings. The normalized spacial score (nSPS) is 8.56. The van der Waals surface area contributed by atoms with Crippen molar-refractivity contribution in [2.75, 3.05) is 20.3 Å². The monoisotopic (exact) mass is 131 g/mol. The average Bonchev–Trinajstić information content (AvgIpc) is 1.85. The van der Waals surface area contributed by atoms with Crippen LogP contribution in [0, 0.1) is 0 Å². The van der Waals surface area contributed by atoms with Crippen molar-refractivity contribution in [1.82, 2.24) is 5.32 Å². The number of carbonyl (C=O) groups is 2. The van der Waals surface area contributed by atoms with Gasteiger partial charge in [-0.2, -0.15) is 0 Å². The van der Waals surface area contributed by atoms with E-state index in [0.29, 0.717) is 6.41 Å². The van der Waals surface area contributed by atoms with Gasteiger partial charge in [0.25, 0.3) is 0 Å². The van der Waals surface area contributed by atoms with E-state index in [1.807, 2.05) is 0 Å². The molecule has 0 aromatic heterocycles. The van der Waals surface area contributed by atoms with Gasteiger partial charge in [-0.1, -0.05) is 0 Å². The third kappa shape index (κ3) is 4.96. The number of ether oxygens (including phenoxy) is 1. The zero-order chi connectivity index (χ0) is 7.11.